The number of hydrogen-bond donors (Lipinski definition) is 1. The molecule has 1 saturated heterocycles. The molecule has 1 aromatic carbocycles. The highest BCUT2D eigenvalue weighted by molar-refractivity contribution is 6.07. The van der Waals surface area contributed by atoms with E-state index in [-0.39, 0.29) is 53.4 Å². The molecule has 1 aliphatic heterocycles. The number of likely N-dealkylation sites (tertiary alicyclic amines) is 1. The third kappa shape index (κ3) is 2.84. The Morgan fingerprint density at radius 2 is 1.61 bits per heavy atom. The molecule has 1 N–H and O–H groups in total. The van der Waals surface area contributed by atoms with Crippen LogP contribution in [-0.2, 0) is 14.4 Å². The topological polar surface area (TPSA) is 79.4 Å². The molecule has 3 amide bonds. The second-order valence-corrected chi connectivity index (χ2v) is 9.42. The highest BCUT2D eigenvalue weighted by atomic mass is 16.2. The zero-order chi connectivity index (χ0) is 21.1. The molecule has 6 heteroatoms. The molecule has 2 bridgehead atoms. The Morgan fingerprint density at radius 3 is 2.32 bits per heavy atom. The lowest BCUT2D eigenvalue weighted by Gasteiger charge is -2.33. The Bertz CT molecular complexity index is 1080. The largest absolute Gasteiger partial charge is 0.324 e. The number of nitrogens with one attached hydrogen (secondary N) is 1. The number of nitrogens with zero attached hydrogens (tertiary/aromatic N) is 2. The standard InChI is InChI=1S/C25H25N3O3/c29-23(27-19-5-1-3-14-4-2-12-26-22(14)19)15-8-10-18(11-9-15)28-24(30)20-16-6-7-17(13-16)21(20)25(28)31/h1-7,12,15-18,20-21H,8-11,13H2,(H,27,29)/t15?,16-,17?,18?,20+,21-/m1/s1. The van der Waals surface area contributed by atoms with E-state index >= 15 is 0 Å². The summed E-state index contributed by atoms with van der Waals surface area (Å²) in [5, 5.41) is 4.04. The first kappa shape index (κ1) is 18.7. The van der Waals surface area contributed by atoms with Crippen molar-refractivity contribution >= 4 is 34.3 Å². The Morgan fingerprint density at radius 1 is 0.935 bits per heavy atom. The van der Waals surface area contributed by atoms with Crippen molar-refractivity contribution in [3.8, 4) is 0 Å². The second kappa shape index (κ2) is 7.01. The van der Waals surface area contributed by atoms with Crippen LogP contribution >= 0.6 is 0 Å². The molecule has 6 nitrogen and oxygen atoms in total. The quantitative estimate of drug-likeness (QED) is 0.614. The van der Waals surface area contributed by atoms with Crippen molar-refractivity contribution in [2.24, 2.45) is 29.6 Å². The molecular formula is C25H25N3O3. The number of hydrogen-bond acceptors (Lipinski definition) is 4. The lowest BCUT2D eigenvalue weighted by molar-refractivity contribution is -0.144. The molecule has 0 spiro atoms. The fourth-order valence-electron chi connectivity index (χ4n) is 6.32. The summed E-state index contributed by atoms with van der Waals surface area (Å²) in [4.78, 5) is 45.0. The third-order valence-corrected chi connectivity index (χ3v) is 7.83. The number of rotatable bonds is 3. The van der Waals surface area contributed by atoms with Crippen molar-refractivity contribution in [3.05, 3.63) is 48.7 Å². The van der Waals surface area contributed by atoms with Crippen molar-refractivity contribution in [2.45, 2.75) is 38.1 Å². The maximum atomic E-state index is 13.1. The summed E-state index contributed by atoms with van der Waals surface area (Å²) < 4.78 is 0. The van der Waals surface area contributed by atoms with Gasteiger partial charge in [0.1, 0.15) is 0 Å². The molecule has 6 rings (SSSR count). The molecule has 158 valence electrons. The lowest BCUT2D eigenvalue weighted by Crippen LogP contribution is -2.44. The van der Waals surface area contributed by atoms with E-state index in [1.54, 1.807) is 11.1 Å². The fourth-order valence-corrected chi connectivity index (χ4v) is 6.32. The van der Waals surface area contributed by atoms with Crippen LogP contribution in [0.15, 0.2) is 48.7 Å². The summed E-state index contributed by atoms with van der Waals surface area (Å²) in [6.45, 7) is 0. The SMILES string of the molecule is O=C(Nc1cccc2cccnc12)C1CCC(N2C(=O)[C@H]3[C@@H]4C=CC(C4)[C@H]3C2=O)CC1. The van der Waals surface area contributed by atoms with Gasteiger partial charge in [-0.2, -0.15) is 0 Å². The summed E-state index contributed by atoms with van der Waals surface area (Å²) in [6, 6.07) is 9.57. The van der Waals surface area contributed by atoms with E-state index in [1.807, 2.05) is 30.3 Å². The molecule has 2 aromatic rings. The van der Waals surface area contributed by atoms with Gasteiger partial charge in [-0.25, -0.2) is 0 Å². The van der Waals surface area contributed by atoms with Crippen molar-refractivity contribution in [1.29, 1.82) is 0 Å². The van der Waals surface area contributed by atoms with Crippen LogP contribution in [0.1, 0.15) is 32.1 Å². The number of carbonyl (C=O) groups excluding carboxylic acids is 3. The zero-order valence-corrected chi connectivity index (χ0v) is 17.2. The molecule has 2 saturated carbocycles. The fraction of sp³-hybridized carbons (Fsp3) is 0.440. The van der Waals surface area contributed by atoms with Gasteiger partial charge in [0, 0.05) is 23.5 Å². The maximum absolute atomic E-state index is 13.1. The molecule has 1 aromatic heterocycles. The molecule has 3 aliphatic carbocycles. The number of allylic oxidation sites excluding steroid dienone is 2. The van der Waals surface area contributed by atoms with Crippen LogP contribution in [0.25, 0.3) is 10.9 Å². The Labute approximate surface area is 180 Å². The molecule has 4 atom stereocenters. The van der Waals surface area contributed by atoms with Crippen LogP contribution in [0.2, 0.25) is 0 Å². The van der Waals surface area contributed by atoms with Gasteiger partial charge in [-0.05, 0) is 56.1 Å². The van der Waals surface area contributed by atoms with Crippen LogP contribution in [0.4, 0.5) is 5.69 Å². The van der Waals surface area contributed by atoms with Crippen molar-refractivity contribution in [3.63, 3.8) is 0 Å². The predicted molar refractivity (Wildman–Crippen MR) is 116 cm³/mol. The van der Waals surface area contributed by atoms with Crippen molar-refractivity contribution < 1.29 is 14.4 Å². The summed E-state index contributed by atoms with van der Waals surface area (Å²) in [5.41, 5.74) is 1.51. The Hall–Kier alpha value is -3.02. The van der Waals surface area contributed by atoms with Gasteiger partial charge in [0.25, 0.3) is 0 Å². The number of anilines is 1. The van der Waals surface area contributed by atoms with E-state index in [0.29, 0.717) is 25.7 Å². The molecular weight excluding hydrogens is 390 g/mol. The van der Waals surface area contributed by atoms with Crippen LogP contribution in [0.5, 0.6) is 0 Å². The molecule has 2 heterocycles. The third-order valence-electron chi connectivity index (χ3n) is 7.83. The van der Waals surface area contributed by atoms with Gasteiger partial charge < -0.3 is 5.32 Å². The highest BCUT2D eigenvalue weighted by Crippen LogP contribution is 2.53. The molecule has 1 unspecified atom stereocenters. The predicted octanol–water partition coefficient (Wildman–Crippen LogP) is 3.54. The van der Waals surface area contributed by atoms with Gasteiger partial charge in [-0.3, -0.25) is 24.3 Å². The number of aromatic nitrogens is 1. The number of amides is 3. The van der Waals surface area contributed by atoms with Crippen molar-refractivity contribution in [2.75, 3.05) is 5.32 Å². The summed E-state index contributed by atoms with van der Waals surface area (Å²) in [7, 11) is 0. The van der Waals surface area contributed by atoms with Crippen LogP contribution in [0.3, 0.4) is 0 Å². The van der Waals surface area contributed by atoms with Gasteiger partial charge in [0.2, 0.25) is 17.7 Å². The van der Waals surface area contributed by atoms with E-state index in [2.05, 4.69) is 22.5 Å². The number of para-hydroxylation sites is 1. The zero-order valence-electron chi connectivity index (χ0n) is 17.2. The number of pyridine rings is 1. The number of benzene rings is 1. The van der Waals surface area contributed by atoms with E-state index in [9.17, 15) is 14.4 Å². The minimum Gasteiger partial charge on any atom is -0.324 e. The van der Waals surface area contributed by atoms with Crippen LogP contribution in [-0.4, -0.2) is 33.6 Å². The van der Waals surface area contributed by atoms with E-state index < -0.39 is 0 Å². The second-order valence-electron chi connectivity index (χ2n) is 9.42. The van der Waals surface area contributed by atoms with Crippen molar-refractivity contribution in [1.82, 2.24) is 9.88 Å². The molecule has 3 fully saturated rings. The summed E-state index contributed by atoms with van der Waals surface area (Å²) >= 11 is 0. The smallest absolute Gasteiger partial charge is 0.233 e. The average molecular weight is 415 g/mol. The minimum absolute atomic E-state index is 0.00482. The Balaban J connectivity index is 1.12. The summed E-state index contributed by atoms with van der Waals surface area (Å²) in [5.74, 6) is 0.156. The molecule has 0 radical (unpaired) electrons. The number of fused-ring (bicyclic) bond motifs is 6. The first-order valence-corrected chi connectivity index (χ1v) is 11.3. The lowest BCUT2D eigenvalue weighted by atomic mass is 9.84. The van der Waals surface area contributed by atoms with Gasteiger partial charge in [-0.15, -0.1) is 0 Å². The van der Waals surface area contributed by atoms with Gasteiger partial charge in [0.15, 0.2) is 0 Å². The van der Waals surface area contributed by atoms with Gasteiger partial charge in [0.05, 0.1) is 23.0 Å². The van der Waals surface area contributed by atoms with E-state index in [1.165, 1.54) is 0 Å². The monoisotopic (exact) mass is 415 g/mol. The normalized spacial score (nSPS) is 33.9. The first-order valence-electron chi connectivity index (χ1n) is 11.3. The Kier molecular flexibility index (Phi) is 4.23. The summed E-state index contributed by atoms with van der Waals surface area (Å²) in [6.07, 6.45) is 9.71. The molecule has 31 heavy (non-hydrogen) atoms. The minimum atomic E-state index is -0.137. The van der Waals surface area contributed by atoms with Gasteiger partial charge in [-0.1, -0.05) is 30.4 Å². The number of imide groups is 1. The molecule has 4 aliphatic rings. The first-order chi connectivity index (χ1) is 15.1. The average Bonchev–Trinajstić information content (AvgIpc) is 3.48. The number of carbonyl (C=O) groups is 3. The van der Waals surface area contributed by atoms with E-state index in [4.69, 9.17) is 0 Å². The van der Waals surface area contributed by atoms with Crippen LogP contribution < -0.4 is 5.32 Å². The van der Waals surface area contributed by atoms with E-state index in [0.717, 1.165) is 23.0 Å². The highest BCUT2D eigenvalue weighted by Gasteiger charge is 2.60. The van der Waals surface area contributed by atoms with Crippen LogP contribution in [0, 0.1) is 29.6 Å². The maximum Gasteiger partial charge on any atom is 0.233 e. The van der Waals surface area contributed by atoms with Gasteiger partial charge >= 0.3 is 0 Å².